The zero-order valence-corrected chi connectivity index (χ0v) is 10.8. The van der Waals surface area contributed by atoms with Gasteiger partial charge in [-0.2, -0.15) is 5.10 Å². The van der Waals surface area contributed by atoms with E-state index in [0.717, 1.165) is 5.82 Å². The van der Waals surface area contributed by atoms with Crippen molar-refractivity contribution in [2.45, 2.75) is 39.7 Å². The maximum atomic E-state index is 11.6. The van der Waals surface area contributed by atoms with Crippen molar-refractivity contribution >= 4 is 18.2 Å². The number of aromatic nitrogens is 3. The molecule has 1 unspecified atom stereocenters. The third-order valence-corrected chi connectivity index (χ3v) is 2.55. The average Bonchev–Trinajstić information content (AvgIpc) is 2.59. The molecule has 0 aliphatic carbocycles. The molecule has 0 saturated carbocycles. The van der Waals surface area contributed by atoms with Crippen molar-refractivity contribution in [1.82, 2.24) is 14.8 Å². The Labute approximate surface area is 99.8 Å². The van der Waals surface area contributed by atoms with Crippen molar-refractivity contribution in [2.75, 3.05) is 6.61 Å². The van der Waals surface area contributed by atoms with E-state index in [1.54, 1.807) is 18.4 Å². The fourth-order valence-corrected chi connectivity index (χ4v) is 1.76. The second-order valence-corrected chi connectivity index (χ2v) is 4.23. The standard InChI is InChI=1S/C10H17N3O2S/c1-5-15-9(14)7(4)13-8(6(2)3)11-12-10(13)16/h6-7H,5H2,1-4H3,(H,12,16). The van der Waals surface area contributed by atoms with E-state index in [0.29, 0.717) is 11.4 Å². The van der Waals surface area contributed by atoms with Gasteiger partial charge in [0.2, 0.25) is 0 Å². The van der Waals surface area contributed by atoms with Gasteiger partial charge in [0, 0.05) is 5.92 Å². The Bertz CT molecular complexity index is 422. The second-order valence-electron chi connectivity index (χ2n) is 3.84. The Morgan fingerprint density at radius 3 is 2.69 bits per heavy atom. The number of aromatic amines is 1. The first-order chi connectivity index (χ1) is 7.49. The van der Waals surface area contributed by atoms with Crippen molar-refractivity contribution in [1.29, 1.82) is 0 Å². The molecule has 5 nitrogen and oxygen atoms in total. The molecular weight excluding hydrogens is 226 g/mol. The molecule has 1 heterocycles. The first kappa shape index (κ1) is 12.9. The Morgan fingerprint density at radius 2 is 2.19 bits per heavy atom. The van der Waals surface area contributed by atoms with Gasteiger partial charge in [0.05, 0.1) is 6.61 Å². The number of rotatable bonds is 4. The number of ether oxygens (including phenoxy) is 1. The van der Waals surface area contributed by atoms with Crippen molar-refractivity contribution in [2.24, 2.45) is 0 Å². The molecule has 16 heavy (non-hydrogen) atoms. The van der Waals surface area contributed by atoms with Crippen LogP contribution in [0.25, 0.3) is 0 Å². The van der Waals surface area contributed by atoms with Crippen molar-refractivity contribution in [3.8, 4) is 0 Å². The summed E-state index contributed by atoms with van der Waals surface area (Å²) in [5.74, 6) is 0.678. The Kier molecular flexibility index (Phi) is 4.23. The van der Waals surface area contributed by atoms with Crippen LogP contribution in [-0.4, -0.2) is 27.3 Å². The molecule has 0 amide bonds. The number of carbonyl (C=O) groups excluding carboxylic acids is 1. The minimum Gasteiger partial charge on any atom is -0.464 e. The normalized spacial score (nSPS) is 12.8. The monoisotopic (exact) mass is 243 g/mol. The topological polar surface area (TPSA) is 59.9 Å². The van der Waals surface area contributed by atoms with Crippen LogP contribution in [0, 0.1) is 4.77 Å². The highest BCUT2D eigenvalue weighted by Crippen LogP contribution is 2.18. The van der Waals surface area contributed by atoms with Crippen LogP contribution in [0.5, 0.6) is 0 Å². The van der Waals surface area contributed by atoms with Gasteiger partial charge in [0.15, 0.2) is 4.77 Å². The van der Waals surface area contributed by atoms with E-state index >= 15 is 0 Å². The number of hydrogen-bond donors (Lipinski definition) is 1. The lowest BCUT2D eigenvalue weighted by Gasteiger charge is -2.15. The number of H-pyrrole nitrogens is 1. The molecule has 0 bridgehead atoms. The summed E-state index contributed by atoms with van der Waals surface area (Å²) < 4.78 is 7.12. The van der Waals surface area contributed by atoms with E-state index in [1.807, 2.05) is 13.8 Å². The highest BCUT2D eigenvalue weighted by atomic mass is 32.1. The molecule has 0 fully saturated rings. The summed E-state index contributed by atoms with van der Waals surface area (Å²) in [7, 11) is 0. The average molecular weight is 243 g/mol. The highest BCUT2D eigenvalue weighted by molar-refractivity contribution is 7.71. The Balaban J connectivity index is 3.07. The van der Waals surface area contributed by atoms with E-state index in [9.17, 15) is 4.79 Å². The maximum absolute atomic E-state index is 11.6. The number of hydrogen-bond acceptors (Lipinski definition) is 4. The zero-order valence-electron chi connectivity index (χ0n) is 9.98. The number of esters is 1. The minimum atomic E-state index is -0.441. The number of nitrogens with zero attached hydrogens (tertiary/aromatic N) is 2. The molecule has 0 saturated heterocycles. The molecule has 1 rings (SSSR count). The molecule has 0 aromatic carbocycles. The van der Waals surface area contributed by atoms with Crippen LogP contribution < -0.4 is 0 Å². The van der Waals surface area contributed by atoms with Crippen LogP contribution in [0.15, 0.2) is 0 Å². The van der Waals surface area contributed by atoms with Crippen molar-refractivity contribution in [3.63, 3.8) is 0 Å². The fraction of sp³-hybridized carbons (Fsp3) is 0.700. The summed E-state index contributed by atoms with van der Waals surface area (Å²) in [5.41, 5.74) is 0. The highest BCUT2D eigenvalue weighted by Gasteiger charge is 2.22. The summed E-state index contributed by atoms with van der Waals surface area (Å²) >= 11 is 5.11. The third-order valence-electron chi connectivity index (χ3n) is 2.26. The van der Waals surface area contributed by atoms with Gasteiger partial charge in [-0.25, -0.2) is 4.79 Å². The van der Waals surface area contributed by atoms with Crippen LogP contribution in [0.3, 0.4) is 0 Å². The summed E-state index contributed by atoms with van der Waals surface area (Å²) in [4.78, 5) is 11.6. The number of nitrogens with one attached hydrogen (secondary N) is 1. The molecular formula is C10H17N3O2S. The molecule has 0 aliphatic heterocycles. The molecule has 1 aromatic rings. The molecule has 0 radical (unpaired) electrons. The first-order valence-electron chi connectivity index (χ1n) is 5.32. The Morgan fingerprint density at radius 1 is 1.56 bits per heavy atom. The Hall–Kier alpha value is -1.17. The van der Waals surface area contributed by atoms with Crippen LogP contribution in [-0.2, 0) is 9.53 Å². The molecule has 90 valence electrons. The molecule has 0 aliphatic rings. The second kappa shape index (κ2) is 5.25. The van der Waals surface area contributed by atoms with Gasteiger partial charge in [-0.1, -0.05) is 13.8 Å². The maximum Gasteiger partial charge on any atom is 0.328 e. The predicted molar refractivity (Wildman–Crippen MR) is 62.8 cm³/mol. The van der Waals surface area contributed by atoms with Crippen LogP contribution >= 0.6 is 12.2 Å². The molecule has 1 N–H and O–H groups in total. The van der Waals surface area contributed by atoms with Crippen LogP contribution in [0.1, 0.15) is 45.5 Å². The van der Waals surface area contributed by atoms with Crippen molar-refractivity contribution < 1.29 is 9.53 Å². The van der Waals surface area contributed by atoms with Gasteiger partial charge < -0.3 is 4.74 Å². The SMILES string of the molecule is CCOC(=O)C(C)n1c(C(C)C)n[nH]c1=S. The van der Waals surface area contributed by atoms with Crippen LogP contribution in [0.2, 0.25) is 0 Å². The van der Waals surface area contributed by atoms with Gasteiger partial charge in [-0.15, -0.1) is 0 Å². The lowest BCUT2D eigenvalue weighted by Crippen LogP contribution is -2.21. The van der Waals surface area contributed by atoms with Gasteiger partial charge in [0.25, 0.3) is 0 Å². The minimum absolute atomic E-state index is 0.199. The smallest absolute Gasteiger partial charge is 0.328 e. The first-order valence-corrected chi connectivity index (χ1v) is 5.73. The number of carbonyl (C=O) groups is 1. The molecule has 6 heteroatoms. The van der Waals surface area contributed by atoms with E-state index in [-0.39, 0.29) is 11.9 Å². The van der Waals surface area contributed by atoms with Gasteiger partial charge in [-0.3, -0.25) is 9.67 Å². The zero-order chi connectivity index (χ0) is 12.3. The molecule has 1 atom stereocenters. The largest absolute Gasteiger partial charge is 0.464 e. The van der Waals surface area contributed by atoms with E-state index < -0.39 is 6.04 Å². The fourth-order valence-electron chi connectivity index (χ4n) is 1.47. The summed E-state index contributed by atoms with van der Waals surface area (Å²) in [6.45, 7) is 7.90. The predicted octanol–water partition coefficient (Wildman–Crippen LogP) is 2.19. The third kappa shape index (κ3) is 2.49. The quantitative estimate of drug-likeness (QED) is 0.650. The summed E-state index contributed by atoms with van der Waals surface area (Å²) in [6, 6.07) is -0.441. The van der Waals surface area contributed by atoms with Gasteiger partial charge >= 0.3 is 5.97 Å². The van der Waals surface area contributed by atoms with E-state index in [1.165, 1.54) is 0 Å². The lowest BCUT2D eigenvalue weighted by atomic mass is 10.2. The molecule has 1 aromatic heterocycles. The van der Waals surface area contributed by atoms with Crippen molar-refractivity contribution in [3.05, 3.63) is 10.6 Å². The lowest BCUT2D eigenvalue weighted by molar-refractivity contribution is -0.146. The van der Waals surface area contributed by atoms with Gasteiger partial charge in [-0.05, 0) is 26.1 Å². The van der Waals surface area contributed by atoms with Crippen LogP contribution in [0.4, 0.5) is 0 Å². The summed E-state index contributed by atoms with van der Waals surface area (Å²) in [5, 5.41) is 6.82. The summed E-state index contributed by atoms with van der Waals surface area (Å²) in [6.07, 6.45) is 0. The van der Waals surface area contributed by atoms with E-state index in [2.05, 4.69) is 10.2 Å². The van der Waals surface area contributed by atoms with E-state index in [4.69, 9.17) is 17.0 Å². The molecule has 0 spiro atoms. The van der Waals surface area contributed by atoms with Gasteiger partial charge in [0.1, 0.15) is 11.9 Å².